The topological polar surface area (TPSA) is 143 Å². The largest absolute Gasteiger partial charge is 0.493 e. The number of hydrogen-bond donors (Lipinski definition) is 3. The number of imidazole rings is 1. The summed E-state index contributed by atoms with van der Waals surface area (Å²) in [4.78, 5) is 24.5. The summed E-state index contributed by atoms with van der Waals surface area (Å²) in [5, 5.41) is 19.2. The maximum atomic E-state index is 13.3. The van der Waals surface area contributed by atoms with Gasteiger partial charge in [-0.1, -0.05) is 13.8 Å². The van der Waals surface area contributed by atoms with Crippen LogP contribution < -0.4 is 15.9 Å². The Morgan fingerprint density at radius 2 is 1.94 bits per heavy atom. The number of aryl methyl sites for hydroxylation is 1. The van der Waals surface area contributed by atoms with Gasteiger partial charge in [0.25, 0.3) is 5.91 Å². The summed E-state index contributed by atoms with van der Waals surface area (Å²) in [7, 11) is -2.70. The number of aromatic nitrogens is 2. The number of ether oxygens (including phenoxy) is 1. The quantitative estimate of drug-likeness (QED) is 0.407. The number of sulfonamides is 1. The molecule has 1 aliphatic rings. The highest BCUT2D eigenvalue weighted by Gasteiger charge is 2.45. The number of benzene rings is 1. The second-order valence-corrected chi connectivity index (χ2v) is 9.77. The number of carbonyl (C=O) groups is 1. The van der Waals surface area contributed by atoms with Gasteiger partial charge in [-0.05, 0) is 36.6 Å². The molecule has 1 aromatic heterocycles. The van der Waals surface area contributed by atoms with Crippen LogP contribution in [-0.4, -0.2) is 57.3 Å². The van der Waals surface area contributed by atoms with E-state index >= 15 is 0 Å². The van der Waals surface area contributed by atoms with Crippen LogP contribution in [0.3, 0.4) is 0 Å². The van der Waals surface area contributed by atoms with Crippen molar-refractivity contribution in [2.45, 2.75) is 37.2 Å². The van der Waals surface area contributed by atoms with E-state index in [0.29, 0.717) is 18.3 Å². The maximum absolute atomic E-state index is 13.3. The molecule has 0 unspecified atom stereocenters. The maximum Gasteiger partial charge on any atom is 0.331 e. The number of hydrogen-bond acceptors (Lipinski definition) is 7. The third-order valence-corrected chi connectivity index (χ3v) is 6.98. The average Bonchev–Trinajstić information content (AvgIpc) is 3.27. The van der Waals surface area contributed by atoms with Gasteiger partial charge >= 0.3 is 5.69 Å². The minimum Gasteiger partial charge on any atom is -0.493 e. The Morgan fingerprint density at radius 3 is 2.45 bits per heavy atom. The van der Waals surface area contributed by atoms with Crippen molar-refractivity contribution in [1.29, 1.82) is 0 Å². The van der Waals surface area contributed by atoms with E-state index in [1.807, 2.05) is 13.8 Å². The molecule has 1 amide bonds. The summed E-state index contributed by atoms with van der Waals surface area (Å²) in [5.41, 5.74) is 0.938. The summed E-state index contributed by atoms with van der Waals surface area (Å²) < 4.78 is 35.2. The smallest absolute Gasteiger partial charge is 0.331 e. The van der Waals surface area contributed by atoms with E-state index < -0.39 is 33.7 Å². The third kappa shape index (κ3) is 4.45. The van der Waals surface area contributed by atoms with Crippen molar-refractivity contribution in [3.8, 4) is 11.6 Å². The van der Waals surface area contributed by atoms with Crippen LogP contribution in [-0.2, 0) is 21.9 Å². The molecule has 2 atom stereocenters. The standard InChI is InChI=1S/C19H26N4O7S/c1-12(2)11-30-14-4-6-15(7-5-14)31(28,29)22-9-13(8-16(22)18(25)20-27)23-17(24)10-21(3)19(23)26/h4-7,10,12-13,16,24,27H,8-9,11H2,1-3H3,(H,20,25)/t13-,16+/m0/s1. The van der Waals surface area contributed by atoms with Crippen molar-refractivity contribution in [3.63, 3.8) is 0 Å². The molecule has 1 fully saturated rings. The number of nitrogens with one attached hydrogen (secondary N) is 1. The molecule has 12 heteroatoms. The SMILES string of the molecule is CC(C)COc1ccc(S(=O)(=O)N2C[C@@H](n3c(O)cn(C)c3=O)C[C@@H]2C(=O)NO)cc1. The lowest BCUT2D eigenvalue weighted by atomic mass is 10.1. The monoisotopic (exact) mass is 454 g/mol. The molecule has 3 rings (SSSR count). The highest BCUT2D eigenvalue weighted by molar-refractivity contribution is 7.89. The lowest BCUT2D eigenvalue weighted by Crippen LogP contribution is -2.45. The molecule has 2 heterocycles. The Kier molecular flexibility index (Phi) is 6.43. The first kappa shape index (κ1) is 22.8. The zero-order valence-corrected chi connectivity index (χ0v) is 18.2. The Bertz CT molecular complexity index is 1110. The Morgan fingerprint density at radius 1 is 1.29 bits per heavy atom. The molecule has 3 N–H and O–H groups in total. The first-order chi connectivity index (χ1) is 14.6. The fourth-order valence-corrected chi connectivity index (χ4v) is 5.19. The summed E-state index contributed by atoms with van der Waals surface area (Å²) in [6.07, 6.45) is 1.11. The summed E-state index contributed by atoms with van der Waals surface area (Å²) in [6.45, 7) is 4.23. The molecule has 11 nitrogen and oxygen atoms in total. The van der Waals surface area contributed by atoms with Gasteiger partial charge in [-0.2, -0.15) is 4.31 Å². The van der Waals surface area contributed by atoms with E-state index in [-0.39, 0.29) is 23.7 Å². The molecule has 1 aromatic carbocycles. The fourth-order valence-electron chi connectivity index (χ4n) is 3.56. The molecule has 31 heavy (non-hydrogen) atoms. The van der Waals surface area contributed by atoms with Crippen LogP contribution in [0, 0.1) is 5.92 Å². The summed E-state index contributed by atoms with van der Waals surface area (Å²) >= 11 is 0. The molecule has 0 saturated carbocycles. The van der Waals surface area contributed by atoms with E-state index in [0.717, 1.165) is 13.4 Å². The van der Waals surface area contributed by atoms with Crippen molar-refractivity contribution < 1.29 is 28.3 Å². The van der Waals surface area contributed by atoms with Crippen LogP contribution in [0.25, 0.3) is 0 Å². The summed E-state index contributed by atoms with van der Waals surface area (Å²) in [5.74, 6) is -0.448. The lowest BCUT2D eigenvalue weighted by Gasteiger charge is -2.22. The molecule has 1 saturated heterocycles. The van der Waals surface area contributed by atoms with Gasteiger partial charge in [0.2, 0.25) is 15.9 Å². The number of amides is 1. The van der Waals surface area contributed by atoms with E-state index in [1.54, 1.807) is 0 Å². The number of hydroxylamine groups is 1. The van der Waals surface area contributed by atoms with Crippen LogP contribution in [0.2, 0.25) is 0 Å². The fraction of sp³-hybridized carbons (Fsp3) is 0.474. The van der Waals surface area contributed by atoms with Gasteiger partial charge in [-0.3, -0.25) is 19.1 Å². The van der Waals surface area contributed by atoms with Crippen molar-refractivity contribution in [1.82, 2.24) is 18.9 Å². The molecule has 0 radical (unpaired) electrons. The minimum absolute atomic E-state index is 0.0644. The first-order valence-corrected chi connectivity index (χ1v) is 11.2. The number of rotatable bonds is 7. The first-order valence-electron chi connectivity index (χ1n) is 9.71. The second-order valence-electron chi connectivity index (χ2n) is 7.88. The molecule has 2 aromatic rings. The van der Waals surface area contributed by atoms with E-state index in [4.69, 9.17) is 9.94 Å². The van der Waals surface area contributed by atoms with E-state index in [2.05, 4.69) is 0 Å². The second kappa shape index (κ2) is 8.73. The molecule has 1 aliphatic heterocycles. The Labute approximate surface area is 179 Å². The third-order valence-electron chi connectivity index (χ3n) is 5.09. The number of aromatic hydroxyl groups is 1. The van der Waals surface area contributed by atoms with Gasteiger partial charge in [0.15, 0.2) is 0 Å². The number of nitrogens with zero attached hydrogens (tertiary/aromatic N) is 3. The van der Waals surface area contributed by atoms with Crippen LogP contribution in [0.1, 0.15) is 26.3 Å². The lowest BCUT2D eigenvalue weighted by molar-refractivity contribution is -0.132. The van der Waals surface area contributed by atoms with Gasteiger partial charge < -0.3 is 9.84 Å². The predicted octanol–water partition coefficient (Wildman–Crippen LogP) is 0.437. The van der Waals surface area contributed by atoms with Crippen molar-refractivity contribution in [3.05, 3.63) is 40.9 Å². The summed E-state index contributed by atoms with van der Waals surface area (Å²) in [6, 6.07) is 3.74. The zero-order valence-electron chi connectivity index (χ0n) is 17.4. The highest BCUT2D eigenvalue weighted by Crippen LogP contribution is 2.34. The number of carbonyl (C=O) groups excluding carboxylic acids is 1. The zero-order chi connectivity index (χ0) is 22.9. The predicted molar refractivity (Wildman–Crippen MR) is 109 cm³/mol. The normalized spacial score (nSPS) is 19.6. The van der Waals surface area contributed by atoms with Crippen molar-refractivity contribution in [2.75, 3.05) is 13.2 Å². The van der Waals surface area contributed by atoms with Crippen molar-refractivity contribution in [2.24, 2.45) is 13.0 Å². The van der Waals surface area contributed by atoms with Gasteiger partial charge in [0, 0.05) is 13.6 Å². The molecular formula is C19H26N4O7S. The Balaban J connectivity index is 1.92. The van der Waals surface area contributed by atoms with Gasteiger partial charge in [0.05, 0.1) is 23.7 Å². The van der Waals surface area contributed by atoms with Crippen LogP contribution >= 0.6 is 0 Å². The Hall–Kier alpha value is -2.83. The van der Waals surface area contributed by atoms with Crippen LogP contribution in [0.15, 0.2) is 40.2 Å². The molecule has 170 valence electrons. The average molecular weight is 455 g/mol. The van der Waals surface area contributed by atoms with E-state index in [9.17, 15) is 23.1 Å². The van der Waals surface area contributed by atoms with Gasteiger partial charge in [0.1, 0.15) is 11.8 Å². The molecular weight excluding hydrogens is 428 g/mol. The molecule has 0 aliphatic carbocycles. The highest BCUT2D eigenvalue weighted by atomic mass is 32.2. The molecule has 0 bridgehead atoms. The molecule has 0 spiro atoms. The van der Waals surface area contributed by atoms with Crippen LogP contribution in [0.4, 0.5) is 0 Å². The van der Waals surface area contributed by atoms with Gasteiger partial charge in [-0.25, -0.2) is 18.7 Å². The van der Waals surface area contributed by atoms with Crippen LogP contribution in [0.5, 0.6) is 11.6 Å². The minimum atomic E-state index is -4.15. The van der Waals surface area contributed by atoms with Gasteiger partial charge in [-0.15, -0.1) is 0 Å². The van der Waals surface area contributed by atoms with Crippen molar-refractivity contribution >= 4 is 15.9 Å². The van der Waals surface area contributed by atoms with E-state index in [1.165, 1.54) is 43.0 Å².